The van der Waals surface area contributed by atoms with Crippen LogP contribution in [0.3, 0.4) is 0 Å². The van der Waals surface area contributed by atoms with Gasteiger partial charge < -0.3 is 24.8 Å². The Kier molecular flexibility index (Phi) is 6.23. The van der Waals surface area contributed by atoms with Gasteiger partial charge >= 0.3 is 6.36 Å². The van der Waals surface area contributed by atoms with Gasteiger partial charge in [0.2, 0.25) is 0 Å². The number of alkyl halides is 3. The van der Waals surface area contributed by atoms with Crippen LogP contribution in [0.1, 0.15) is 11.7 Å². The number of hydrogen-bond acceptors (Lipinski definition) is 5. The zero-order chi connectivity index (χ0) is 16.9. The van der Waals surface area contributed by atoms with Crippen LogP contribution in [0, 0.1) is 0 Å². The molecule has 0 aliphatic carbocycles. The van der Waals surface area contributed by atoms with Crippen molar-refractivity contribution in [2.75, 3.05) is 39.8 Å². The molecule has 1 aliphatic heterocycles. The van der Waals surface area contributed by atoms with Gasteiger partial charge in [0.05, 0.1) is 18.8 Å². The number of ether oxygens (including phenoxy) is 2. The van der Waals surface area contributed by atoms with Gasteiger partial charge in [0, 0.05) is 26.2 Å². The molecule has 2 rings (SSSR count). The summed E-state index contributed by atoms with van der Waals surface area (Å²) in [5, 5.41) is 13.2. The van der Waals surface area contributed by atoms with Crippen LogP contribution in [-0.2, 0) is 4.74 Å². The summed E-state index contributed by atoms with van der Waals surface area (Å²) in [6.07, 6.45) is -5.45. The van der Waals surface area contributed by atoms with E-state index >= 15 is 0 Å². The molecular weight excluding hydrogens is 313 g/mol. The van der Waals surface area contributed by atoms with Crippen LogP contribution in [0.4, 0.5) is 13.2 Å². The number of halogens is 3. The molecule has 1 aromatic rings. The van der Waals surface area contributed by atoms with E-state index in [0.29, 0.717) is 25.3 Å². The Bertz CT molecular complexity index is 482. The van der Waals surface area contributed by atoms with Crippen LogP contribution < -0.4 is 10.1 Å². The van der Waals surface area contributed by atoms with Crippen molar-refractivity contribution >= 4 is 0 Å². The Morgan fingerprint density at radius 3 is 2.70 bits per heavy atom. The van der Waals surface area contributed by atoms with Gasteiger partial charge in [-0.3, -0.25) is 0 Å². The zero-order valence-corrected chi connectivity index (χ0v) is 12.8. The summed E-state index contributed by atoms with van der Waals surface area (Å²) in [5.74, 6) is -0.306. The second-order valence-electron chi connectivity index (χ2n) is 5.55. The predicted molar refractivity (Wildman–Crippen MR) is 78.2 cm³/mol. The Hall–Kier alpha value is -1.35. The van der Waals surface area contributed by atoms with Crippen molar-refractivity contribution in [3.05, 3.63) is 29.8 Å². The van der Waals surface area contributed by atoms with E-state index in [4.69, 9.17) is 4.74 Å². The van der Waals surface area contributed by atoms with Crippen molar-refractivity contribution in [2.45, 2.75) is 18.6 Å². The Morgan fingerprint density at radius 1 is 1.39 bits per heavy atom. The highest BCUT2D eigenvalue weighted by Gasteiger charge is 2.31. The van der Waals surface area contributed by atoms with Crippen LogP contribution in [0.25, 0.3) is 0 Å². The van der Waals surface area contributed by atoms with E-state index in [2.05, 4.69) is 15.0 Å². The average molecular weight is 334 g/mol. The van der Waals surface area contributed by atoms with Crippen molar-refractivity contribution < 1.29 is 27.8 Å². The highest BCUT2D eigenvalue weighted by Crippen LogP contribution is 2.24. The number of nitrogens with zero attached hydrogens (tertiary/aromatic N) is 1. The first-order valence-corrected chi connectivity index (χ1v) is 7.38. The molecule has 0 radical (unpaired) electrons. The van der Waals surface area contributed by atoms with Crippen molar-refractivity contribution in [1.29, 1.82) is 0 Å². The fourth-order valence-corrected chi connectivity index (χ4v) is 2.38. The maximum Gasteiger partial charge on any atom is 0.573 e. The molecule has 1 aromatic carbocycles. The summed E-state index contributed by atoms with van der Waals surface area (Å²) < 4.78 is 45.6. The topological polar surface area (TPSA) is 54.0 Å². The lowest BCUT2D eigenvalue weighted by molar-refractivity contribution is -0.274. The van der Waals surface area contributed by atoms with Crippen LogP contribution in [0.5, 0.6) is 5.75 Å². The molecule has 23 heavy (non-hydrogen) atoms. The minimum absolute atomic E-state index is 0.0727. The van der Waals surface area contributed by atoms with E-state index in [9.17, 15) is 18.3 Å². The summed E-state index contributed by atoms with van der Waals surface area (Å²) in [6.45, 7) is 3.32. The summed E-state index contributed by atoms with van der Waals surface area (Å²) in [6, 6.07) is 5.20. The van der Waals surface area contributed by atoms with E-state index in [0.717, 1.165) is 13.1 Å². The number of morpholine rings is 1. The number of aliphatic hydroxyl groups is 1. The van der Waals surface area contributed by atoms with Gasteiger partial charge in [0.1, 0.15) is 5.75 Å². The van der Waals surface area contributed by atoms with Gasteiger partial charge in [0.25, 0.3) is 0 Å². The molecule has 0 aromatic heterocycles. The van der Waals surface area contributed by atoms with Crippen LogP contribution >= 0.6 is 0 Å². The molecule has 1 fully saturated rings. The van der Waals surface area contributed by atoms with Crippen LogP contribution in [0.2, 0.25) is 0 Å². The molecule has 5 nitrogen and oxygen atoms in total. The lowest BCUT2D eigenvalue weighted by atomic mass is 10.1. The third-order valence-electron chi connectivity index (χ3n) is 3.55. The Labute approximate surface area is 133 Å². The van der Waals surface area contributed by atoms with Gasteiger partial charge in [0.15, 0.2) is 0 Å². The molecule has 1 aliphatic rings. The fraction of sp³-hybridized carbons (Fsp3) is 0.600. The standard InChI is InChI=1S/C15H21F3N2O3/c1-20-6-7-22-13(10-20)8-19-9-14(21)11-2-4-12(5-3-11)23-15(16,17)18/h2-5,13-14,19,21H,6-10H2,1H3/t13-,14-/m0/s1. The number of aliphatic hydroxyl groups excluding tert-OH is 1. The number of hydrogen-bond donors (Lipinski definition) is 2. The van der Waals surface area contributed by atoms with E-state index in [1.54, 1.807) is 0 Å². The smallest absolute Gasteiger partial charge is 0.406 e. The molecule has 0 unspecified atom stereocenters. The van der Waals surface area contributed by atoms with Crippen molar-refractivity contribution in [3.8, 4) is 5.75 Å². The van der Waals surface area contributed by atoms with E-state index in [1.165, 1.54) is 24.3 Å². The third kappa shape index (κ3) is 6.34. The molecule has 2 atom stereocenters. The van der Waals surface area contributed by atoms with E-state index < -0.39 is 12.5 Å². The Balaban J connectivity index is 1.75. The SMILES string of the molecule is CN1CCO[C@@H](CNC[C@H](O)c2ccc(OC(F)(F)F)cc2)C1. The number of nitrogens with one attached hydrogen (secondary N) is 1. The number of benzene rings is 1. The highest BCUT2D eigenvalue weighted by molar-refractivity contribution is 5.28. The monoisotopic (exact) mass is 334 g/mol. The second-order valence-corrected chi connectivity index (χ2v) is 5.55. The fourth-order valence-electron chi connectivity index (χ4n) is 2.38. The summed E-state index contributed by atoms with van der Waals surface area (Å²) in [5.41, 5.74) is 0.522. The Morgan fingerprint density at radius 2 is 2.09 bits per heavy atom. The zero-order valence-electron chi connectivity index (χ0n) is 12.8. The summed E-state index contributed by atoms with van der Waals surface area (Å²) in [7, 11) is 2.02. The van der Waals surface area contributed by atoms with Gasteiger partial charge in [-0.1, -0.05) is 12.1 Å². The quantitative estimate of drug-likeness (QED) is 0.827. The van der Waals surface area contributed by atoms with Gasteiger partial charge in [-0.15, -0.1) is 13.2 Å². The lowest BCUT2D eigenvalue weighted by Gasteiger charge is -2.30. The van der Waals surface area contributed by atoms with E-state index in [-0.39, 0.29) is 11.9 Å². The van der Waals surface area contributed by atoms with Crippen LogP contribution in [-0.4, -0.2) is 62.3 Å². The van der Waals surface area contributed by atoms with Crippen LogP contribution in [0.15, 0.2) is 24.3 Å². The first-order valence-electron chi connectivity index (χ1n) is 7.38. The number of rotatable bonds is 6. The molecule has 0 amide bonds. The molecular formula is C15H21F3N2O3. The minimum Gasteiger partial charge on any atom is -0.406 e. The molecule has 0 bridgehead atoms. The van der Waals surface area contributed by atoms with Crippen molar-refractivity contribution in [3.63, 3.8) is 0 Å². The molecule has 130 valence electrons. The second kappa shape index (κ2) is 7.96. The maximum atomic E-state index is 12.1. The lowest BCUT2D eigenvalue weighted by Crippen LogP contribution is -2.45. The molecule has 0 saturated carbocycles. The first kappa shape index (κ1) is 18.0. The van der Waals surface area contributed by atoms with Gasteiger partial charge in [-0.2, -0.15) is 0 Å². The van der Waals surface area contributed by atoms with Gasteiger partial charge in [-0.05, 0) is 24.7 Å². The molecule has 2 N–H and O–H groups in total. The molecule has 1 saturated heterocycles. The van der Waals surface area contributed by atoms with Crippen molar-refractivity contribution in [1.82, 2.24) is 10.2 Å². The molecule has 0 spiro atoms. The van der Waals surface area contributed by atoms with Crippen molar-refractivity contribution in [2.24, 2.45) is 0 Å². The highest BCUT2D eigenvalue weighted by atomic mass is 19.4. The maximum absolute atomic E-state index is 12.1. The number of likely N-dealkylation sites (N-methyl/N-ethyl adjacent to an activating group) is 1. The molecule has 8 heteroatoms. The first-order chi connectivity index (χ1) is 10.8. The summed E-state index contributed by atoms with van der Waals surface area (Å²) >= 11 is 0. The molecule has 1 heterocycles. The van der Waals surface area contributed by atoms with E-state index in [1.807, 2.05) is 7.05 Å². The predicted octanol–water partition coefficient (Wildman–Crippen LogP) is 1.54. The summed E-state index contributed by atoms with van der Waals surface area (Å²) in [4.78, 5) is 2.17. The normalized spacial score (nSPS) is 21.2. The largest absolute Gasteiger partial charge is 0.573 e. The minimum atomic E-state index is -4.71. The van der Waals surface area contributed by atoms with Gasteiger partial charge in [-0.25, -0.2) is 0 Å². The third-order valence-corrected chi connectivity index (χ3v) is 3.55. The average Bonchev–Trinajstić information content (AvgIpc) is 2.46.